The van der Waals surface area contributed by atoms with Gasteiger partial charge in [0, 0.05) is 30.3 Å². The first-order chi connectivity index (χ1) is 13.8. The fourth-order valence-corrected chi connectivity index (χ4v) is 2.13. The Morgan fingerprint density at radius 3 is 2.21 bits per heavy atom. The predicted octanol–water partition coefficient (Wildman–Crippen LogP) is 0.516. The van der Waals surface area contributed by atoms with E-state index in [1.54, 1.807) is 12.1 Å². The molecule has 0 fully saturated rings. The van der Waals surface area contributed by atoms with Crippen LogP contribution in [0.4, 0.5) is 14.5 Å². The van der Waals surface area contributed by atoms with Crippen LogP contribution in [0.1, 0.15) is 11.1 Å². The summed E-state index contributed by atoms with van der Waals surface area (Å²) in [5, 5.41) is 29.8. The normalized spacial score (nSPS) is 10.9. The lowest BCUT2D eigenvalue weighted by Gasteiger charge is -2.12. The van der Waals surface area contributed by atoms with Crippen molar-refractivity contribution in [2.75, 3.05) is 18.5 Å². The number of amides is 2. The molecule has 10 heteroatoms. The van der Waals surface area contributed by atoms with Crippen LogP contribution in [0, 0.1) is 17.0 Å². The van der Waals surface area contributed by atoms with Crippen LogP contribution < -0.4 is 16.4 Å². The lowest BCUT2D eigenvalue weighted by Crippen LogP contribution is -2.29. The molecular formula is C19H22F2N4O4. The second kappa shape index (κ2) is 12.2. The minimum absolute atomic E-state index is 0.0126. The molecule has 156 valence electrons. The summed E-state index contributed by atoms with van der Waals surface area (Å²) in [5.74, 6) is -2.35. The average molecular weight is 408 g/mol. The molecule has 2 amide bonds. The highest BCUT2D eigenvalue weighted by atomic mass is 19.1. The Kier molecular flexibility index (Phi) is 9.92. The zero-order valence-electron chi connectivity index (χ0n) is 15.4. The molecule has 0 aromatic heterocycles. The third kappa shape index (κ3) is 8.91. The number of hydrogen-bond acceptors (Lipinski definition) is 5. The highest BCUT2D eigenvalue weighted by Gasteiger charge is 2.17. The molecule has 0 spiro atoms. The van der Waals surface area contributed by atoms with Crippen LogP contribution in [0.25, 0.3) is 0 Å². The van der Waals surface area contributed by atoms with Crippen molar-refractivity contribution in [1.29, 1.82) is 5.41 Å². The van der Waals surface area contributed by atoms with Gasteiger partial charge in [0.25, 0.3) is 5.91 Å². The zero-order chi connectivity index (χ0) is 21.8. The van der Waals surface area contributed by atoms with Gasteiger partial charge < -0.3 is 26.6 Å². The SMILES string of the molecule is N=C(N)c1ccc(NC(=O)C(O)Cc2cc(F)cc(F)c2)cc1.O=CNCCO. The smallest absolute Gasteiger partial charge is 0.253 e. The van der Waals surface area contributed by atoms with Crippen LogP contribution in [-0.4, -0.2) is 47.6 Å². The van der Waals surface area contributed by atoms with Gasteiger partial charge in [0.05, 0.1) is 6.61 Å². The number of rotatable bonds is 8. The Balaban J connectivity index is 0.000000612. The molecule has 0 saturated carbocycles. The number of benzene rings is 2. The molecule has 0 saturated heterocycles. The molecule has 0 aliphatic carbocycles. The molecule has 0 aliphatic heterocycles. The van der Waals surface area contributed by atoms with Gasteiger partial charge in [-0.15, -0.1) is 0 Å². The van der Waals surface area contributed by atoms with Crippen LogP contribution in [0.5, 0.6) is 0 Å². The Morgan fingerprint density at radius 2 is 1.76 bits per heavy atom. The van der Waals surface area contributed by atoms with E-state index in [1.807, 2.05) is 0 Å². The van der Waals surface area contributed by atoms with Crippen molar-refractivity contribution in [2.24, 2.45) is 5.73 Å². The molecule has 2 aromatic rings. The van der Waals surface area contributed by atoms with Crippen molar-refractivity contribution in [3.8, 4) is 0 Å². The standard InChI is InChI=1S/C16H15F2N3O2.C3H7NO2/c17-11-5-9(6-12(18)8-11)7-14(22)16(23)21-13-3-1-10(2-4-13)15(19)20;5-2-1-4-3-6/h1-6,8,14,22H,7H2,(H3,19,20)(H,21,23);3,5H,1-2H2,(H,4,6). The molecule has 1 atom stereocenters. The second-order valence-corrected chi connectivity index (χ2v) is 5.77. The number of hydrogen-bond donors (Lipinski definition) is 6. The molecular weight excluding hydrogens is 386 g/mol. The predicted molar refractivity (Wildman–Crippen MR) is 103 cm³/mol. The third-order valence-electron chi connectivity index (χ3n) is 3.46. The lowest BCUT2D eigenvalue weighted by molar-refractivity contribution is -0.123. The van der Waals surface area contributed by atoms with E-state index in [0.29, 0.717) is 30.3 Å². The van der Waals surface area contributed by atoms with Gasteiger partial charge in [0.15, 0.2) is 0 Å². The second-order valence-electron chi connectivity index (χ2n) is 5.77. The monoisotopic (exact) mass is 408 g/mol. The van der Waals surface area contributed by atoms with Gasteiger partial charge >= 0.3 is 0 Å². The number of nitrogen functional groups attached to an aromatic ring is 1. The number of aliphatic hydroxyl groups excluding tert-OH is 2. The third-order valence-corrected chi connectivity index (χ3v) is 3.46. The van der Waals surface area contributed by atoms with Crippen LogP contribution in [0.15, 0.2) is 42.5 Å². The number of anilines is 1. The van der Waals surface area contributed by atoms with E-state index in [-0.39, 0.29) is 24.4 Å². The lowest BCUT2D eigenvalue weighted by atomic mass is 10.1. The van der Waals surface area contributed by atoms with E-state index in [2.05, 4.69) is 10.6 Å². The van der Waals surface area contributed by atoms with E-state index < -0.39 is 23.6 Å². The number of carbonyl (C=O) groups is 2. The number of aliphatic hydroxyl groups is 2. The minimum Gasteiger partial charge on any atom is -0.395 e. The first-order valence-corrected chi connectivity index (χ1v) is 8.43. The fourth-order valence-electron chi connectivity index (χ4n) is 2.13. The summed E-state index contributed by atoms with van der Waals surface area (Å²) in [6.45, 7) is 0.363. The van der Waals surface area contributed by atoms with Gasteiger partial charge in [0.1, 0.15) is 23.6 Å². The number of carbonyl (C=O) groups excluding carboxylic acids is 2. The molecule has 0 bridgehead atoms. The summed E-state index contributed by atoms with van der Waals surface area (Å²) in [7, 11) is 0. The van der Waals surface area contributed by atoms with Gasteiger partial charge in [0.2, 0.25) is 6.41 Å². The first-order valence-electron chi connectivity index (χ1n) is 8.43. The summed E-state index contributed by atoms with van der Waals surface area (Å²) in [6.07, 6.45) is -1.12. The quantitative estimate of drug-likeness (QED) is 0.163. The molecule has 0 aliphatic rings. The molecule has 8 nitrogen and oxygen atoms in total. The van der Waals surface area contributed by atoms with Crippen molar-refractivity contribution in [3.05, 3.63) is 65.2 Å². The fraction of sp³-hybridized carbons (Fsp3) is 0.211. The van der Waals surface area contributed by atoms with Gasteiger partial charge in [-0.2, -0.15) is 0 Å². The summed E-state index contributed by atoms with van der Waals surface area (Å²) < 4.78 is 26.2. The maximum Gasteiger partial charge on any atom is 0.253 e. The Labute approximate surface area is 165 Å². The van der Waals surface area contributed by atoms with Crippen molar-refractivity contribution < 1.29 is 28.6 Å². The van der Waals surface area contributed by atoms with E-state index in [1.165, 1.54) is 12.1 Å². The summed E-state index contributed by atoms with van der Waals surface area (Å²) in [6, 6.07) is 8.99. The molecule has 29 heavy (non-hydrogen) atoms. The number of nitrogens with one attached hydrogen (secondary N) is 3. The topological polar surface area (TPSA) is 149 Å². The molecule has 2 rings (SSSR count). The van der Waals surface area contributed by atoms with E-state index in [0.717, 1.165) is 12.1 Å². The molecule has 0 radical (unpaired) electrons. The number of halogens is 2. The highest BCUT2D eigenvalue weighted by molar-refractivity contribution is 5.97. The van der Waals surface area contributed by atoms with Crippen LogP contribution in [0.3, 0.4) is 0 Å². The number of amidine groups is 1. The Hall–Kier alpha value is -3.37. The molecule has 0 heterocycles. The Morgan fingerprint density at radius 1 is 1.17 bits per heavy atom. The average Bonchev–Trinajstić information content (AvgIpc) is 2.66. The van der Waals surface area contributed by atoms with Crippen molar-refractivity contribution >= 4 is 23.8 Å². The van der Waals surface area contributed by atoms with Gasteiger partial charge in [-0.3, -0.25) is 15.0 Å². The summed E-state index contributed by atoms with van der Waals surface area (Å²) in [5.41, 5.74) is 6.40. The summed E-state index contributed by atoms with van der Waals surface area (Å²) in [4.78, 5) is 21.2. The van der Waals surface area contributed by atoms with E-state index in [4.69, 9.17) is 16.2 Å². The van der Waals surface area contributed by atoms with Gasteiger partial charge in [-0.25, -0.2) is 8.78 Å². The molecule has 2 aromatic carbocycles. The van der Waals surface area contributed by atoms with Gasteiger partial charge in [-0.05, 0) is 42.0 Å². The van der Waals surface area contributed by atoms with Crippen LogP contribution >= 0.6 is 0 Å². The number of nitrogens with two attached hydrogens (primary N) is 1. The highest BCUT2D eigenvalue weighted by Crippen LogP contribution is 2.13. The summed E-state index contributed by atoms with van der Waals surface area (Å²) >= 11 is 0. The van der Waals surface area contributed by atoms with Crippen LogP contribution in [-0.2, 0) is 16.0 Å². The van der Waals surface area contributed by atoms with E-state index in [9.17, 15) is 23.5 Å². The Bertz CT molecular complexity index is 811. The van der Waals surface area contributed by atoms with Gasteiger partial charge in [-0.1, -0.05) is 0 Å². The van der Waals surface area contributed by atoms with Crippen LogP contribution in [0.2, 0.25) is 0 Å². The minimum atomic E-state index is -1.45. The van der Waals surface area contributed by atoms with Crippen molar-refractivity contribution in [2.45, 2.75) is 12.5 Å². The molecule has 1 unspecified atom stereocenters. The first kappa shape index (κ1) is 23.7. The maximum absolute atomic E-state index is 13.1. The van der Waals surface area contributed by atoms with E-state index >= 15 is 0 Å². The van der Waals surface area contributed by atoms with Crippen molar-refractivity contribution in [3.63, 3.8) is 0 Å². The van der Waals surface area contributed by atoms with Crippen molar-refractivity contribution in [1.82, 2.24) is 5.32 Å². The maximum atomic E-state index is 13.1. The molecule has 7 N–H and O–H groups in total. The largest absolute Gasteiger partial charge is 0.395 e. The zero-order valence-corrected chi connectivity index (χ0v) is 15.4.